The van der Waals surface area contributed by atoms with E-state index in [0.717, 1.165) is 22.3 Å². The Kier molecular flexibility index (Phi) is 4.90. The van der Waals surface area contributed by atoms with Gasteiger partial charge < -0.3 is 11.1 Å². The van der Waals surface area contributed by atoms with E-state index >= 15 is 0 Å². The maximum absolute atomic E-state index is 12.5. The molecule has 0 aromatic heterocycles. The van der Waals surface area contributed by atoms with Crippen LogP contribution in [-0.2, 0) is 6.18 Å². The summed E-state index contributed by atoms with van der Waals surface area (Å²) >= 11 is 3.34. The topological polar surface area (TPSA) is 38.0 Å². The lowest BCUT2D eigenvalue weighted by Gasteiger charge is -2.19. The number of hydrogen-bond acceptors (Lipinski definition) is 2. The second kappa shape index (κ2) is 6.49. The van der Waals surface area contributed by atoms with E-state index in [-0.39, 0.29) is 12.6 Å². The maximum Gasteiger partial charge on any atom is 0.416 e. The van der Waals surface area contributed by atoms with E-state index in [2.05, 4.69) is 21.2 Å². The highest BCUT2D eigenvalue weighted by atomic mass is 79.9. The van der Waals surface area contributed by atoms with Crippen molar-refractivity contribution >= 4 is 21.6 Å². The number of nitrogens with one attached hydrogen (secondary N) is 1. The van der Waals surface area contributed by atoms with Gasteiger partial charge in [-0.1, -0.05) is 28.1 Å². The fourth-order valence-electron chi connectivity index (χ4n) is 1.93. The van der Waals surface area contributed by atoms with Crippen LogP contribution >= 0.6 is 15.9 Å². The number of halogens is 4. The fraction of sp³-hybridized carbons (Fsp3) is 0.200. The second-order valence-corrected chi connectivity index (χ2v) is 5.47. The summed E-state index contributed by atoms with van der Waals surface area (Å²) in [5.41, 5.74) is 6.62. The number of benzene rings is 2. The third-order valence-electron chi connectivity index (χ3n) is 3.06. The van der Waals surface area contributed by atoms with Crippen molar-refractivity contribution < 1.29 is 13.2 Å². The molecule has 112 valence electrons. The van der Waals surface area contributed by atoms with Gasteiger partial charge in [0.15, 0.2) is 0 Å². The molecule has 0 saturated heterocycles. The molecule has 1 atom stereocenters. The first-order valence-corrected chi connectivity index (χ1v) is 7.09. The van der Waals surface area contributed by atoms with E-state index in [9.17, 15) is 13.2 Å². The van der Waals surface area contributed by atoms with Crippen molar-refractivity contribution in [2.24, 2.45) is 5.73 Å². The predicted octanol–water partition coefficient (Wildman–Crippen LogP) is 4.58. The molecule has 0 heterocycles. The molecule has 0 aliphatic rings. The lowest BCUT2D eigenvalue weighted by Crippen LogP contribution is -2.20. The van der Waals surface area contributed by atoms with Gasteiger partial charge in [-0.3, -0.25) is 0 Å². The van der Waals surface area contributed by atoms with Gasteiger partial charge in [0.2, 0.25) is 0 Å². The van der Waals surface area contributed by atoms with E-state index < -0.39 is 11.7 Å². The molecular formula is C15H14BrF3N2. The largest absolute Gasteiger partial charge is 0.416 e. The van der Waals surface area contributed by atoms with E-state index in [4.69, 9.17) is 5.73 Å². The highest BCUT2D eigenvalue weighted by Crippen LogP contribution is 2.30. The van der Waals surface area contributed by atoms with Crippen LogP contribution in [0.2, 0.25) is 0 Å². The summed E-state index contributed by atoms with van der Waals surface area (Å²) in [5, 5.41) is 3.20. The second-order valence-electron chi connectivity index (χ2n) is 4.56. The molecule has 3 N–H and O–H groups in total. The molecule has 21 heavy (non-hydrogen) atoms. The number of anilines is 1. The third-order valence-corrected chi connectivity index (χ3v) is 3.59. The molecule has 0 amide bonds. The number of rotatable bonds is 4. The monoisotopic (exact) mass is 358 g/mol. The average Bonchev–Trinajstić information content (AvgIpc) is 2.46. The van der Waals surface area contributed by atoms with Gasteiger partial charge >= 0.3 is 6.18 Å². The maximum atomic E-state index is 12.5. The molecule has 0 aliphatic carbocycles. The minimum atomic E-state index is -4.32. The highest BCUT2D eigenvalue weighted by Gasteiger charge is 2.30. The Morgan fingerprint density at radius 1 is 1.00 bits per heavy atom. The van der Waals surface area contributed by atoms with Gasteiger partial charge in [0.05, 0.1) is 11.6 Å². The molecule has 0 spiro atoms. The molecular weight excluding hydrogens is 345 g/mol. The van der Waals surface area contributed by atoms with Gasteiger partial charge in [-0.05, 0) is 42.0 Å². The van der Waals surface area contributed by atoms with Gasteiger partial charge in [0.1, 0.15) is 0 Å². The van der Waals surface area contributed by atoms with E-state index in [0.29, 0.717) is 5.56 Å². The van der Waals surface area contributed by atoms with E-state index in [1.54, 1.807) is 0 Å². The molecule has 6 heteroatoms. The van der Waals surface area contributed by atoms with Crippen molar-refractivity contribution in [1.29, 1.82) is 0 Å². The summed E-state index contributed by atoms with van der Waals surface area (Å²) in [6, 6.07) is 12.3. The van der Waals surface area contributed by atoms with Crippen LogP contribution in [0.4, 0.5) is 18.9 Å². The Morgan fingerprint density at radius 3 is 2.05 bits per heavy atom. The van der Waals surface area contributed by atoms with Crippen LogP contribution in [0.15, 0.2) is 53.0 Å². The zero-order valence-corrected chi connectivity index (χ0v) is 12.6. The molecule has 0 aliphatic heterocycles. The van der Waals surface area contributed by atoms with Crippen molar-refractivity contribution in [3.63, 3.8) is 0 Å². The van der Waals surface area contributed by atoms with Crippen LogP contribution in [-0.4, -0.2) is 6.54 Å². The predicted molar refractivity (Wildman–Crippen MR) is 81.0 cm³/mol. The molecule has 0 fully saturated rings. The minimum Gasteiger partial charge on any atom is -0.377 e. The Balaban J connectivity index is 2.15. The van der Waals surface area contributed by atoms with Crippen LogP contribution in [0, 0.1) is 0 Å². The van der Waals surface area contributed by atoms with Crippen molar-refractivity contribution in [2.45, 2.75) is 12.2 Å². The van der Waals surface area contributed by atoms with Gasteiger partial charge in [0, 0.05) is 16.7 Å². The van der Waals surface area contributed by atoms with Crippen LogP contribution in [0.3, 0.4) is 0 Å². The van der Waals surface area contributed by atoms with Crippen LogP contribution in [0.5, 0.6) is 0 Å². The van der Waals surface area contributed by atoms with Crippen molar-refractivity contribution in [3.8, 4) is 0 Å². The van der Waals surface area contributed by atoms with E-state index in [1.807, 2.05) is 24.3 Å². The first kappa shape index (κ1) is 15.9. The molecule has 1 unspecified atom stereocenters. The first-order chi connectivity index (χ1) is 9.90. The molecule has 0 saturated carbocycles. The zero-order chi connectivity index (χ0) is 15.5. The Hall–Kier alpha value is -1.53. The van der Waals surface area contributed by atoms with E-state index in [1.165, 1.54) is 12.1 Å². The zero-order valence-electron chi connectivity index (χ0n) is 11.0. The standard InChI is InChI=1S/C15H14BrF3N2/c16-12-5-7-13(8-6-12)21-14(9-20)10-1-3-11(4-2-10)15(17,18)19/h1-8,14,21H,9,20H2. The fourth-order valence-corrected chi connectivity index (χ4v) is 2.19. The summed E-state index contributed by atoms with van der Waals surface area (Å²) in [6.07, 6.45) is -4.32. The van der Waals surface area contributed by atoms with Crippen molar-refractivity contribution in [3.05, 3.63) is 64.1 Å². The summed E-state index contributed by atoms with van der Waals surface area (Å²) in [5.74, 6) is 0. The SMILES string of the molecule is NCC(Nc1ccc(Br)cc1)c1ccc(C(F)(F)F)cc1. The smallest absolute Gasteiger partial charge is 0.377 e. The summed E-state index contributed by atoms with van der Waals surface area (Å²) in [4.78, 5) is 0. The molecule has 2 aromatic carbocycles. The van der Waals surface area contributed by atoms with Gasteiger partial charge in [-0.15, -0.1) is 0 Å². The lowest BCUT2D eigenvalue weighted by molar-refractivity contribution is -0.137. The summed E-state index contributed by atoms with van der Waals surface area (Å²) < 4.78 is 38.6. The summed E-state index contributed by atoms with van der Waals surface area (Å²) in [6.45, 7) is 0.279. The van der Waals surface area contributed by atoms with Crippen LogP contribution in [0.1, 0.15) is 17.2 Å². The molecule has 2 nitrogen and oxygen atoms in total. The Labute approximate surface area is 129 Å². The molecule has 2 aromatic rings. The van der Waals surface area contributed by atoms with Gasteiger partial charge in [0.25, 0.3) is 0 Å². The Bertz CT molecular complexity index is 579. The summed E-state index contributed by atoms with van der Waals surface area (Å²) in [7, 11) is 0. The number of hydrogen-bond donors (Lipinski definition) is 2. The quantitative estimate of drug-likeness (QED) is 0.839. The van der Waals surface area contributed by atoms with Gasteiger partial charge in [-0.2, -0.15) is 13.2 Å². The van der Waals surface area contributed by atoms with Crippen molar-refractivity contribution in [2.75, 3.05) is 11.9 Å². The first-order valence-electron chi connectivity index (χ1n) is 6.29. The Morgan fingerprint density at radius 2 is 1.57 bits per heavy atom. The minimum absolute atomic E-state index is 0.242. The number of alkyl halides is 3. The van der Waals surface area contributed by atoms with Gasteiger partial charge in [-0.25, -0.2) is 0 Å². The normalized spacial score (nSPS) is 13.0. The third kappa shape index (κ3) is 4.22. The molecule has 2 rings (SSSR count). The molecule has 0 radical (unpaired) electrons. The highest BCUT2D eigenvalue weighted by molar-refractivity contribution is 9.10. The van der Waals surface area contributed by atoms with Crippen molar-refractivity contribution in [1.82, 2.24) is 0 Å². The van der Waals surface area contributed by atoms with Crippen LogP contribution < -0.4 is 11.1 Å². The number of nitrogens with two attached hydrogens (primary N) is 1. The van der Waals surface area contributed by atoms with Crippen LogP contribution in [0.25, 0.3) is 0 Å². The average molecular weight is 359 g/mol. The lowest BCUT2D eigenvalue weighted by atomic mass is 10.0. The molecule has 0 bridgehead atoms.